The van der Waals surface area contributed by atoms with Crippen LogP contribution in [-0.2, 0) is 30.4 Å². The summed E-state index contributed by atoms with van der Waals surface area (Å²) in [7, 11) is 0. The molecule has 8 N–H and O–H groups in total. The van der Waals surface area contributed by atoms with E-state index in [1.807, 2.05) is 0 Å². The summed E-state index contributed by atoms with van der Waals surface area (Å²) in [5.74, 6) is -4.46. The van der Waals surface area contributed by atoms with Crippen LogP contribution >= 0.6 is 0 Å². The van der Waals surface area contributed by atoms with E-state index in [1.165, 1.54) is 0 Å². The zero-order chi connectivity index (χ0) is 26.7. The van der Waals surface area contributed by atoms with Crippen LogP contribution in [0.2, 0.25) is 0 Å². The highest BCUT2D eigenvalue weighted by molar-refractivity contribution is 5.94. The molecule has 0 aliphatic carbocycles. The zero-order valence-electron chi connectivity index (χ0n) is 20.6. The summed E-state index contributed by atoms with van der Waals surface area (Å²) < 4.78 is 0. The molecule has 0 aromatic heterocycles. The fourth-order valence-corrected chi connectivity index (χ4v) is 3.22. The van der Waals surface area contributed by atoms with Gasteiger partial charge in [-0.25, -0.2) is 4.79 Å². The van der Waals surface area contributed by atoms with Gasteiger partial charge in [0.2, 0.25) is 23.6 Å². The minimum absolute atomic E-state index is 0.0742. The first kappa shape index (κ1) is 29.6. The van der Waals surface area contributed by atoms with Crippen LogP contribution in [0.15, 0.2) is 30.3 Å². The van der Waals surface area contributed by atoms with Crippen LogP contribution in [0.1, 0.15) is 46.1 Å². The number of benzene rings is 1. The van der Waals surface area contributed by atoms with E-state index in [0.717, 1.165) is 5.56 Å². The number of hydrogen-bond donors (Lipinski definition) is 6. The lowest BCUT2D eigenvalue weighted by atomic mass is 10.0. The Morgan fingerprint density at radius 2 is 1.37 bits per heavy atom. The van der Waals surface area contributed by atoms with Crippen molar-refractivity contribution in [3.05, 3.63) is 35.9 Å². The molecule has 0 bridgehead atoms. The van der Waals surface area contributed by atoms with Gasteiger partial charge in [0, 0.05) is 12.8 Å². The third-order valence-electron chi connectivity index (χ3n) is 5.48. The van der Waals surface area contributed by atoms with E-state index in [4.69, 9.17) is 11.5 Å². The Kier molecular flexibility index (Phi) is 11.9. The van der Waals surface area contributed by atoms with Crippen LogP contribution in [0.4, 0.5) is 0 Å². The van der Waals surface area contributed by atoms with Gasteiger partial charge in [-0.05, 0) is 23.8 Å². The fraction of sp³-hybridized carbons (Fsp3) is 0.542. The first-order valence-electron chi connectivity index (χ1n) is 11.5. The van der Waals surface area contributed by atoms with E-state index in [1.54, 1.807) is 58.0 Å². The molecule has 0 heterocycles. The molecule has 11 heteroatoms. The molecular formula is C24H37N5O6. The van der Waals surface area contributed by atoms with Gasteiger partial charge in [0.1, 0.15) is 18.1 Å². The first-order valence-corrected chi connectivity index (χ1v) is 11.5. The largest absolute Gasteiger partial charge is 0.480 e. The van der Waals surface area contributed by atoms with Crippen molar-refractivity contribution in [1.82, 2.24) is 16.0 Å². The lowest BCUT2D eigenvalue weighted by Crippen LogP contribution is -2.58. The summed E-state index contributed by atoms with van der Waals surface area (Å²) in [5, 5.41) is 17.0. The number of carbonyl (C=O) groups is 5. The second-order valence-electron chi connectivity index (χ2n) is 9.16. The van der Waals surface area contributed by atoms with Crippen molar-refractivity contribution in [2.45, 2.75) is 71.1 Å². The van der Waals surface area contributed by atoms with Crippen LogP contribution < -0.4 is 27.4 Å². The molecule has 194 valence electrons. The number of rotatable bonds is 14. The highest BCUT2D eigenvalue weighted by atomic mass is 16.4. The maximum atomic E-state index is 13.1. The normalized spacial score (nSPS) is 14.5. The summed E-state index contributed by atoms with van der Waals surface area (Å²) in [6, 6.07) is 4.49. The minimum atomic E-state index is -1.20. The Hall–Kier alpha value is -3.47. The van der Waals surface area contributed by atoms with Crippen molar-refractivity contribution < 1.29 is 29.1 Å². The highest BCUT2D eigenvalue weighted by Crippen LogP contribution is 2.08. The maximum Gasteiger partial charge on any atom is 0.326 e. The molecule has 0 radical (unpaired) electrons. The first-order chi connectivity index (χ1) is 16.3. The number of carbonyl (C=O) groups excluding carboxylic acids is 4. The number of aliphatic carboxylic acids is 1. The van der Waals surface area contributed by atoms with Crippen LogP contribution in [0.5, 0.6) is 0 Å². The third kappa shape index (κ3) is 10.1. The Labute approximate surface area is 205 Å². The number of hydrogen-bond acceptors (Lipinski definition) is 6. The monoisotopic (exact) mass is 491 g/mol. The molecule has 0 saturated heterocycles. The van der Waals surface area contributed by atoms with Crippen LogP contribution in [0.25, 0.3) is 0 Å². The van der Waals surface area contributed by atoms with Gasteiger partial charge in [-0.15, -0.1) is 0 Å². The fourth-order valence-electron chi connectivity index (χ4n) is 3.22. The lowest BCUT2D eigenvalue weighted by Gasteiger charge is -2.26. The topological polar surface area (TPSA) is 194 Å². The molecule has 0 saturated carbocycles. The van der Waals surface area contributed by atoms with Crippen molar-refractivity contribution in [3.63, 3.8) is 0 Å². The summed E-state index contributed by atoms with van der Waals surface area (Å²) >= 11 is 0. The second kappa shape index (κ2) is 14.1. The van der Waals surface area contributed by atoms with Gasteiger partial charge in [-0.2, -0.15) is 0 Å². The minimum Gasteiger partial charge on any atom is -0.480 e. The number of carboxylic acids is 1. The van der Waals surface area contributed by atoms with E-state index in [0.29, 0.717) is 0 Å². The van der Waals surface area contributed by atoms with Gasteiger partial charge in [0.05, 0.1) is 6.04 Å². The molecule has 11 nitrogen and oxygen atoms in total. The SMILES string of the molecule is CC(C)C(N)C(=O)NC(CCC(N)=O)C(=O)NC(Cc1ccccc1)C(=O)NC(C(=O)O)C(C)C. The molecule has 1 aromatic rings. The van der Waals surface area contributed by atoms with Gasteiger partial charge in [-0.3, -0.25) is 19.2 Å². The average molecular weight is 492 g/mol. The van der Waals surface area contributed by atoms with E-state index in [9.17, 15) is 29.1 Å². The van der Waals surface area contributed by atoms with Gasteiger partial charge in [0.25, 0.3) is 0 Å². The lowest BCUT2D eigenvalue weighted by molar-refractivity contribution is -0.143. The Morgan fingerprint density at radius 3 is 1.86 bits per heavy atom. The van der Waals surface area contributed by atoms with Crippen LogP contribution in [-0.4, -0.2) is 58.9 Å². The van der Waals surface area contributed by atoms with Gasteiger partial charge < -0.3 is 32.5 Å². The number of nitrogens with two attached hydrogens (primary N) is 2. The van der Waals surface area contributed by atoms with Gasteiger partial charge in [0.15, 0.2) is 0 Å². The molecule has 4 atom stereocenters. The molecule has 4 unspecified atom stereocenters. The van der Waals surface area contributed by atoms with Crippen molar-refractivity contribution >= 4 is 29.6 Å². The Bertz CT molecular complexity index is 890. The molecule has 1 aromatic carbocycles. The third-order valence-corrected chi connectivity index (χ3v) is 5.48. The number of carboxylic acid groups (broad SMARTS) is 1. The Morgan fingerprint density at radius 1 is 0.829 bits per heavy atom. The summed E-state index contributed by atoms with van der Waals surface area (Å²) in [4.78, 5) is 61.5. The van der Waals surface area contributed by atoms with E-state index in [-0.39, 0.29) is 25.2 Å². The molecule has 1 rings (SSSR count). The molecule has 0 aliphatic rings. The summed E-state index contributed by atoms with van der Waals surface area (Å²) in [6.45, 7) is 6.79. The summed E-state index contributed by atoms with van der Waals surface area (Å²) in [6.07, 6.45) is -0.203. The number of nitrogens with one attached hydrogen (secondary N) is 3. The van der Waals surface area contributed by atoms with Gasteiger partial charge >= 0.3 is 5.97 Å². The highest BCUT2D eigenvalue weighted by Gasteiger charge is 2.31. The van der Waals surface area contributed by atoms with Crippen LogP contribution in [0, 0.1) is 11.8 Å². The van der Waals surface area contributed by atoms with E-state index < -0.39 is 59.7 Å². The van der Waals surface area contributed by atoms with E-state index >= 15 is 0 Å². The molecular weight excluding hydrogens is 454 g/mol. The quantitative estimate of drug-likeness (QED) is 0.205. The number of primary amides is 1. The predicted octanol–water partition coefficient (Wildman–Crippen LogP) is -0.327. The van der Waals surface area contributed by atoms with Crippen LogP contribution in [0.3, 0.4) is 0 Å². The number of amides is 4. The van der Waals surface area contributed by atoms with Crippen molar-refractivity contribution in [3.8, 4) is 0 Å². The standard InChI is InChI=1S/C24H37N5O6/c1-13(2)19(26)23(33)27-16(10-11-18(25)30)21(31)28-17(12-15-8-6-5-7-9-15)22(32)29-20(14(3)4)24(34)35/h5-9,13-14,16-17,19-20H,10-12,26H2,1-4H3,(H2,25,30)(H,27,33)(H,28,31)(H,29,32)(H,34,35). The average Bonchev–Trinajstić information content (AvgIpc) is 2.78. The van der Waals surface area contributed by atoms with Crippen molar-refractivity contribution in [1.29, 1.82) is 0 Å². The van der Waals surface area contributed by atoms with E-state index in [2.05, 4.69) is 16.0 Å². The van der Waals surface area contributed by atoms with Crippen molar-refractivity contribution in [2.24, 2.45) is 23.3 Å². The summed E-state index contributed by atoms with van der Waals surface area (Å²) in [5.41, 5.74) is 11.8. The molecule has 0 fully saturated rings. The maximum absolute atomic E-state index is 13.1. The zero-order valence-corrected chi connectivity index (χ0v) is 20.6. The molecule has 0 aliphatic heterocycles. The molecule has 0 spiro atoms. The van der Waals surface area contributed by atoms with Gasteiger partial charge in [-0.1, -0.05) is 58.0 Å². The second-order valence-corrected chi connectivity index (χ2v) is 9.16. The molecule has 4 amide bonds. The molecule has 35 heavy (non-hydrogen) atoms. The predicted molar refractivity (Wildman–Crippen MR) is 130 cm³/mol. The smallest absolute Gasteiger partial charge is 0.326 e. The Balaban J connectivity index is 3.15. The van der Waals surface area contributed by atoms with Crippen molar-refractivity contribution in [2.75, 3.05) is 0 Å².